The molecule has 0 saturated carbocycles. The Kier molecular flexibility index (Phi) is 4.41. The van der Waals surface area contributed by atoms with E-state index in [0.29, 0.717) is 6.54 Å². The molecule has 0 aliphatic carbocycles. The fourth-order valence-electron chi connectivity index (χ4n) is 0.188. The monoisotopic (exact) mass is 96.1 g/mol. The van der Waals surface area contributed by atoms with E-state index in [9.17, 15) is 0 Å². The largest absolute Gasteiger partial charge is 0.311 e. The Morgan fingerprint density at radius 1 is 1.71 bits per heavy atom. The van der Waals surface area contributed by atoms with E-state index in [-0.39, 0.29) is 0 Å². The summed E-state index contributed by atoms with van der Waals surface area (Å²) >= 11 is 0. The van der Waals surface area contributed by atoms with Gasteiger partial charge in [0.05, 0.1) is 6.54 Å². The second-order valence-corrected chi connectivity index (χ2v) is 0.954. The van der Waals surface area contributed by atoms with Gasteiger partial charge in [-0.1, -0.05) is 12.7 Å². The van der Waals surface area contributed by atoms with Gasteiger partial charge < -0.3 is 5.41 Å². The third kappa shape index (κ3) is 5.08. The summed E-state index contributed by atoms with van der Waals surface area (Å²) < 4.78 is 0. The van der Waals surface area contributed by atoms with Gasteiger partial charge in [0.15, 0.2) is 0 Å². The Balaban J connectivity index is 3.08. The normalized spacial score (nSPS) is 9.14. The summed E-state index contributed by atoms with van der Waals surface area (Å²) in [7, 11) is 0. The first-order valence-electron chi connectivity index (χ1n) is 2.01. The van der Waals surface area contributed by atoms with Crippen molar-refractivity contribution in [2.24, 2.45) is 4.99 Å². The van der Waals surface area contributed by atoms with Crippen LogP contribution in [0.3, 0.4) is 0 Å². The number of nitrogens with zero attached hydrogens (tertiary/aromatic N) is 1. The van der Waals surface area contributed by atoms with Crippen LogP contribution in [0.15, 0.2) is 17.6 Å². The van der Waals surface area contributed by atoms with Crippen LogP contribution in [-0.4, -0.2) is 19.0 Å². The SMILES string of the molecule is C=CC=NCC=N. The predicted molar refractivity (Wildman–Crippen MR) is 32.3 cm³/mol. The summed E-state index contributed by atoms with van der Waals surface area (Å²) in [5.41, 5.74) is 0. The number of allylic oxidation sites excluding steroid dienone is 1. The molecule has 2 heteroatoms. The third-order valence-corrected chi connectivity index (χ3v) is 0.408. The van der Waals surface area contributed by atoms with Gasteiger partial charge in [-0.15, -0.1) is 0 Å². The van der Waals surface area contributed by atoms with Crippen LogP contribution in [0.5, 0.6) is 0 Å². The first-order chi connectivity index (χ1) is 3.41. The molecule has 38 valence electrons. The van der Waals surface area contributed by atoms with Crippen LogP contribution >= 0.6 is 0 Å². The molecule has 0 rings (SSSR count). The molecule has 0 atom stereocenters. The topological polar surface area (TPSA) is 36.2 Å². The van der Waals surface area contributed by atoms with Gasteiger partial charge in [0.25, 0.3) is 0 Å². The van der Waals surface area contributed by atoms with Crippen LogP contribution in [0.1, 0.15) is 0 Å². The highest BCUT2D eigenvalue weighted by Crippen LogP contribution is 1.59. The quantitative estimate of drug-likeness (QED) is 0.507. The average Bonchev–Trinajstić information content (AvgIpc) is 1.69. The Bertz CT molecular complexity index is 84.1. The lowest BCUT2D eigenvalue weighted by molar-refractivity contribution is 1.32. The zero-order chi connectivity index (χ0) is 5.54. The molecule has 0 heterocycles. The molecule has 0 aromatic carbocycles. The lowest BCUT2D eigenvalue weighted by Crippen LogP contribution is -1.76. The van der Waals surface area contributed by atoms with Gasteiger partial charge in [-0.25, -0.2) is 0 Å². The van der Waals surface area contributed by atoms with E-state index in [2.05, 4.69) is 11.6 Å². The first-order valence-corrected chi connectivity index (χ1v) is 2.01. The minimum absolute atomic E-state index is 0.464. The van der Waals surface area contributed by atoms with E-state index in [1.807, 2.05) is 0 Å². The molecule has 0 aliphatic heterocycles. The van der Waals surface area contributed by atoms with E-state index < -0.39 is 0 Å². The molecule has 0 aromatic rings. The van der Waals surface area contributed by atoms with Gasteiger partial charge in [0.2, 0.25) is 0 Å². The minimum atomic E-state index is 0.464. The smallest absolute Gasteiger partial charge is 0.0735 e. The zero-order valence-electron chi connectivity index (χ0n) is 4.09. The Morgan fingerprint density at radius 3 is 2.86 bits per heavy atom. The van der Waals surface area contributed by atoms with Crippen molar-refractivity contribution < 1.29 is 0 Å². The Hall–Kier alpha value is -0.920. The molecule has 7 heavy (non-hydrogen) atoms. The molecule has 0 amide bonds. The second kappa shape index (κ2) is 5.08. The summed E-state index contributed by atoms with van der Waals surface area (Å²) in [6, 6.07) is 0. The minimum Gasteiger partial charge on any atom is -0.311 e. The van der Waals surface area contributed by atoms with Crippen molar-refractivity contribution in [3.05, 3.63) is 12.7 Å². The highest BCUT2D eigenvalue weighted by atomic mass is 14.7. The number of rotatable bonds is 3. The molecule has 0 saturated heterocycles. The fourth-order valence-corrected chi connectivity index (χ4v) is 0.188. The molecule has 0 radical (unpaired) electrons. The lowest BCUT2D eigenvalue weighted by Gasteiger charge is -1.72. The molecule has 0 aliphatic rings. The number of nitrogens with one attached hydrogen (secondary N) is 1. The molecule has 1 N–H and O–H groups in total. The van der Waals surface area contributed by atoms with Crippen molar-refractivity contribution >= 4 is 12.4 Å². The van der Waals surface area contributed by atoms with E-state index in [4.69, 9.17) is 5.41 Å². The van der Waals surface area contributed by atoms with Crippen LogP contribution in [0.4, 0.5) is 0 Å². The van der Waals surface area contributed by atoms with Crippen LogP contribution in [0.25, 0.3) is 0 Å². The van der Waals surface area contributed by atoms with Crippen molar-refractivity contribution in [1.82, 2.24) is 0 Å². The van der Waals surface area contributed by atoms with Gasteiger partial charge in [0.1, 0.15) is 0 Å². The molecule has 2 nitrogen and oxygen atoms in total. The van der Waals surface area contributed by atoms with Crippen molar-refractivity contribution in [1.29, 1.82) is 5.41 Å². The van der Waals surface area contributed by atoms with Crippen LogP contribution in [0.2, 0.25) is 0 Å². The van der Waals surface area contributed by atoms with E-state index in [1.165, 1.54) is 6.21 Å². The standard InChI is InChI=1S/C5H8N2/c1-2-4-7-5-3-6/h2-4,6H,1,5H2. The van der Waals surface area contributed by atoms with Crippen LogP contribution in [-0.2, 0) is 0 Å². The molecular formula is C5H8N2. The second-order valence-electron chi connectivity index (χ2n) is 0.954. The summed E-state index contributed by atoms with van der Waals surface area (Å²) in [5.74, 6) is 0. The summed E-state index contributed by atoms with van der Waals surface area (Å²) in [6.45, 7) is 3.87. The van der Waals surface area contributed by atoms with Gasteiger partial charge in [0, 0.05) is 12.4 Å². The molecular weight excluding hydrogens is 88.1 g/mol. The number of aliphatic imine (C=N–C) groups is 1. The predicted octanol–water partition coefficient (Wildman–Crippen LogP) is 0.893. The maximum Gasteiger partial charge on any atom is 0.0735 e. The van der Waals surface area contributed by atoms with Crippen molar-refractivity contribution in [3.8, 4) is 0 Å². The van der Waals surface area contributed by atoms with E-state index in [0.717, 1.165) is 0 Å². The van der Waals surface area contributed by atoms with Gasteiger partial charge in [-0.3, -0.25) is 4.99 Å². The molecule has 0 fully saturated rings. The fraction of sp³-hybridized carbons (Fsp3) is 0.200. The van der Waals surface area contributed by atoms with Gasteiger partial charge >= 0.3 is 0 Å². The third-order valence-electron chi connectivity index (χ3n) is 0.408. The first kappa shape index (κ1) is 6.08. The van der Waals surface area contributed by atoms with E-state index >= 15 is 0 Å². The maximum atomic E-state index is 6.51. The Labute approximate surface area is 43.1 Å². The molecule has 0 unspecified atom stereocenters. The van der Waals surface area contributed by atoms with E-state index in [1.54, 1.807) is 12.3 Å². The van der Waals surface area contributed by atoms with Gasteiger partial charge in [-0.2, -0.15) is 0 Å². The summed E-state index contributed by atoms with van der Waals surface area (Å²) in [5, 5.41) is 6.51. The highest BCUT2D eigenvalue weighted by Gasteiger charge is 1.60. The van der Waals surface area contributed by atoms with Crippen molar-refractivity contribution in [3.63, 3.8) is 0 Å². The highest BCUT2D eigenvalue weighted by molar-refractivity contribution is 5.72. The maximum absolute atomic E-state index is 6.51. The average molecular weight is 96.1 g/mol. The van der Waals surface area contributed by atoms with Crippen LogP contribution in [0, 0.1) is 5.41 Å². The lowest BCUT2D eigenvalue weighted by atomic mass is 10.7. The van der Waals surface area contributed by atoms with Crippen molar-refractivity contribution in [2.45, 2.75) is 0 Å². The molecule has 0 aromatic heterocycles. The van der Waals surface area contributed by atoms with Crippen LogP contribution < -0.4 is 0 Å². The zero-order valence-corrected chi connectivity index (χ0v) is 4.09. The summed E-state index contributed by atoms with van der Waals surface area (Å²) in [6.07, 6.45) is 4.40. The summed E-state index contributed by atoms with van der Waals surface area (Å²) in [4.78, 5) is 3.72. The van der Waals surface area contributed by atoms with Crippen molar-refractivity contribution in [2.75, 3.05) is 6.54 Å². The Morgan fingerprint density at radius 2 is 2.43 bits per heavy atom. The number of hydrogen-bond acceptors (Lipinski definition) is 2. The molecule has 0 bridgehead atoms. The van der Waals surface area contributed by atoms with Gasteiger partial charge in [-0.05, 0) is 0 Å². The molecule has 0 spiro atoms. The number of hydrogen-bond donors (Lipinski definition) is 1.